The van der Waals surface area contributed by atoms with E-state index in [0.717, 1.165) is 19.6 Å². The van der Waals surface area contributed by atoms with Crippen molar-refractivity contribution in [1.82, 2.24) is 10.2 Å². The van der Waals surface area contributed by atoms with Crippen molar-refractivity contribution in [3.63, 3.8) is 0 Å². The Morgan fingerprint density at radius 2 is 2.00 bits per heavy atom. The number of aliphatic carboxylic acids is 1. The van der Waals surface area contributed by atoms with Crippen molar-refractivity contribution in [2.24, 2.45) is 11.8 Å². The fraction of sp³-hybridized carbons (Fsp3) is 0.833. The Balaban J connectivity index is 1.69. The third-order valence-corrected chi connectivity index (χ3v) is 3.56. The van der Waals surface area contributed by atoms with E-state index >= 15 is 0 Å². The molecular formula is C12H20N2O3. The van der Waals surface area contributed by atoms with Crippen molar-refractivity contribution < 1.29 is 14.7 Å². The molecule has 0 spiro atoms. The van der Waals surface area contributed by atoms with E-state index in [1.165, 1.54) is 12.8 Å². The van der Waals surface area contributed by atoms with Gasteiger partial charge in [-0.1, -0.05) is 0 Å². The Bertz CT molecular complexity index is 313. The first-order valence-electron chi connectivity index (χ1n) is 6.33. The molecule has 0 bridgehead atoms. The molecule has 2 rings (SSSR count). The maximum Gasteiger partial charge on any atom is 0.307 e. The van der Waals surface area contributed by atoms with Gasteiger partial charge in [-0.3, -0.25) is 9.59 Å². The van der Waals surface area contributed by atoms with Crippen LogP contribution < -0.4 is 5.32 Å². The van der Waals surface area contributed by atoms with Crippen LogP contribution in [0.3, 0.4) is 0 Å². The van der Waals surface area contributed by atoms with E-state index in [2.05, 4.69) is 10.2 Å². The molecule has 1 saturated carbocycles. The number of hydrogen-bond acceptors (Lipinski definition) is 3. The summed E-state index contributed by atoms with van der Waals surface area (Å²) in [5.74, 6) is -1.69. The largest absolute Gasteiger partial charge is 0.481 e. The molecule has 1 saturated heterocycles. The molecule has 0 aromatic rings. The van der Waals surface area contributed by atoms with Gasteiger partial charge in [0.1, 0.15) is 0 Å². The summed E-state index contributed by atoms with van der Waals surface area (Å²) in [6, 6.07) is 0.107. The molecule has 2 aliphatic rings. The smallest absolute Gasteiger partial charge is 0.307 e. The number of nitrogens with one attached hydrogen (secondary N) is 1. The summed E-state index contributed by atoms with van der Waals surface area (Å²) >= 11 is 0. The van der Waals surface area contributed by atoms with Crippen molar-refractivity contribution >= 4 is 11.9 Å². The van der Waals surface area contributed by atoms with E-state index < -0.39 is 11.9 Å². The van der Waals surface area contributed by atoms with Gasteiger partial charge in [-0.2, -0.15) is 0 Å². The lowest BCUT2D eigenvalue weighted by atomic mass is 10.2. The summed E-state index contributed by atoms with van der Waals surface area (Å²) in [4.78, 5) is 24.7. The van der Waals surface area contributed by atoms with E-state index in [9.17, 15) is 9.59 Å². The number of carboxylic acid groups (broad SMARTS) is 1. The van der Waals surface area contributed by atoms with Gasteiger partial charge in [0.15, 0.2) is 0 Å². The highest BCUT2D eigenvalue weighted by Crippen LogP contribution is 2.38. The molecule has 0 aromatic carbocycles. The molecule has 0 aromatic heterocycles. The van der Waals surface area contributed by atoms with Crippen LogP contribution in [0.1, 0.15) is 26.2 Å². The summed E-state index contributed by atoms with van der Waals surface area (Å²) in [5.41, 5.74) is 0. The summed E-state index contributed by atoms with van der Waals surface area (Å²) in [5, 5.41) is 11.7. The van der Waals surface area contributed by atoms with Gasteiger partial charge in [0.25, 0.3) is 0 Å². The lowest BCUT2D eigenvalue weighted by Crippen LogP contribution is -2.42. The predicted molar refractivity (Wildman–Crippen MR) is 62.5 cm³/mol. The Hall–Kier alpha value is -1.10. The Morgan fingerprint density at radius 1 is 1.35 bits per heavy atom. The molecule has 2 N–H and O–H groups in total. The average Bonchev–Trinajstić information content (AvgIpc) is 2.92. The number of amides is 1. The second-order valence-corrected chi connectivity index (χ2v) is 5.20. The number of carbonyl (C=O) groups is 2. The van der Waals surface area contributed by atoms with Crippen LogP contribution in [-0.4, -0.2) is 47.6 Å². The second kappa shape index (κ2) is 5.04. The minimum absolute atomic E-state index is 0.0934. The first-order valence-corrected chi connectivity index (χ1v) is 6.33. The summed E-state index contributed by atoms with van der Waals surface area (Å²) in [6.07, 6.45) is 2.98. The third-order valence-electron chi connectivity index (χ3n) is 3.56. The molecule has 5 nitrogen and oxygen atoms in total. The number of nitrogens with zero attached hydrogens (tertiary/aromatic N) is 1. The Morgan fingerprint density at radius 3 is 2.53 bits per heavy atom. The van der Waals surface area contributed by atoms with Crippen molar-refractivity contribution in [3.05, 3.63) is 0 Å². The molecule has 1 aliphatic heterocycles. The van der Waals surface area contributed by atoms with Crippen molar-refractivity contribution in [3.8, 4) is 0 Å². The fourth-order valence-electron chi connectivity index (χ4n) is 2.51. The van der Waals surface area contributed by atoms with Crippen molar-refractivity contribution in [2.45, 2.75) is 32.2 Å². The van der Waals surface area contributed by atoms with Gasteiger partial charge in [-0.05, 0) is 39.3 Å². The molecule has 1 heterocycles. The quantitative estimate of drug-likeness (QED) is 0.725. The summed E-state index contributed by atoms with van der Waals surface area (Å²) in [6.45, 7) is 5.08. The zero-order valence-electron chi connectivity index (χ0n) is 10.2. The first kappa shape index (κ1) is 12.4. The molecule has 0 radical (unpaired) electrons. The number of likely N-dealkylation sites (tertiary alicyclic amines) is 1. The lowest BCUT2D eigenvalue weighted by molar-refractivity contribution is -0.140. The first-order chi connectivity index (χ1) is 8.08. The van der Waals surface area contributed by atoms with E-state index in [-0.39, 0.29) is 17.9 Å². The van der Waals surface area contributed by atoms with Crippen molar-refractivity contribution in [2.75, 3.05) is 19.6 Å². The van der Waals surface area contributed by atoms with Crippen LogP contribution in [0, 0.1) is 11.8 Å². The molecule has 5 heteroatoms. The zero-order chi connectivity index (χ0) is 12.4. The number of carbonyl (C=O) groups excluding carboxylic acids is 1. The lowest BCUT2D eigenvalue weighted by Gasteiger charge is -2.21. The Kier molecular flexibility index (Phi) is 3.66. The highest BCUT2D eigenvalue weighted by atomic mass is 16.4. The van der Waals surface area contributed by atoms with Gasteiger partial charge >= 0.3 is 5.97 Å². The third kappa shape index (κ3) is 3.19. The highest BCUT2D eigenvalue weighted by Gasteiger charge is 2.48. The molecule has 17 heavy (non-hydrogen) atoms. The van der Waals surface area contributed by atoms with Gasteiger partial charge in [0.05, 0.1) is 11.8 Å². The average molecular weight is 240 g/mol. The van der Waals surface area contributed by atoms with Crippen LogP contribution >= 0.6 is 0 Å². The number of hydrogen-bond donors (Lipinski definition) is 2. The van der Waals surface area contributed by atoms with Gasteiger partial charge in [0, 0.05) is 12.6 Å². The minimum Gasteiger partial charge on any atom is -0.481 e. The maximum atomic E-state index is 11.7. The summed E-state index contributed by atoms with van der Waals surface area (Å²) in [7, 11) is 0. The monoisotopic (exact) mass is 240 g/mol. The van der Waals surface area contributed by atoms with Crippen LogP contribution in [0.4, 0.5) is 0 Å². The van der Waals surface area contributed by atoms with Crippen LogP contribution in [0.15, 0.2) is 0 Å². The second-order valence-electron chi connectivity index (χ2n) is 5.20. The standard InChI is InChI=1S/C12H20N2O3/c1-8(7-14-4-2-3-5-14)13-11(15)9-6-10(9)12(16)17/h8-10H,2-7H2,1H3,(H,13,15)(H,16,17). The van der Waals surface area contributed by atoms with Crippen LogP contribution in [-0.2, 0) is 9.59 Å². The molecular weight excluding hydrogens is 220 g/mol. The number of carboxylic acids is 1. The van der Waals surface area contributed by atoms with E-state index in [4.69, 9.17) is 5.11 Å². The maximum absolute atomic E-state index is 11.7. The van der Waals surface area contributed by atoms with E-state index in [0.29, 0.717) is 6.42 Å². The van der Waals surface area contributed by atoms with Crippen LogP contribution in [0.25, 0.3) is 0 Å². The fourth-order valence-corrected chi connectivity index (χ4v) is 2.51. The van der Waals surface area contributed by atoms with E-state index in [1.54, 1.807) is 0 Å². The van der Waals surface area contributed by atoms with Gasteiger partial charge in [-0.25, -0.2) is 0 Å². The predicted octanol–water partition coefficient (Wildman–Crippen LogP) is 0.308. The van der Waals surface area contributed by atoms with Crippen molar-refractivity contribution in [1.29, 1.82) is 0 Å². The molecule has 96 valence electrons. The van der Waals surface area contributed by atoms with Crippen LogP contribution in [0.2, 0.25) is 0 Å². The molecule has 1 amide bonds. The topological polar surface area (TPSA) is 69.6 Å². The zero-order valence-corrected chi connectivity index (χ0v) is 10.2. The summed E-state index contributed by atoms with van der Waals surface area (Å²) < 4.78 is 0. The highest BCUT2D eigenvalue weighted by molar-refractivity contribution is 5.89. The number of rotatable bonds is 5. The van der Waals surface area contributed by atoms with Crippen LogP contribution in [0.5, 0.6) is 0 Å². The van der Waals surface area contributed by atoms with Gasteiger partial charge in [-0.15, -0.1) is 0 Å². The Labute approximate surface area is 101 Å². The SMILES string of the molecule is CC(CN1CCCC1)NC(=O)C1CC1C(=O)O. The molecule has 3 atom stereocenters. The minimum atomic E-state index is -0.850. The molecule has 2 fully saturated rings. The van der Waals surface area contributed by atoms with E-state index in [1.807, 2.05) is 6.92 Å². The normalized spacial score (nSPS) is 29.9. The van der Waals surface area contributed by atoms with Gasteiger partial charge in [0.2, 0.25) is 5.91 Å². The molecule has 1 aliphatic carbocycles. The molecule has 3 unspecified atom stereocenters. The van der Waals surface area contributed by atoms with Gasteiger partial charge < -0.3 is 15.3 Å².